The van der Waals surface area contributed by atoms with Gasteiger partial charge in [0.25, 0.3) is 0 Å². The van der Waals surface area contributed by atoms with Gasteiger partial charge in [-0.2, -0.15) is 0 Å². The highest BCUT2D eigenvalue weighted by molar-refractivity contribution is 5.29. The number of aryl methyl sites for hydroxylation is 1. The maximum atomic E-state index is 13.1. The van der Waals surface area contributed by atoms with E-state index >= 15 is 0 Å². The molecule has 0 atom stereocenters. The van der Waals surface area contributed by atoms with Crippen LogP contribution in [0.5, 0.6) is 0 Å². The monoisotopic (exact) mass is 218 g/mol. The second kappa shape index (κ2) is 5.79. The lowest BCUT2D eigenvalue weighted by Gasteiger charge is -2.09. The Balaban J connectivity index is 0.000000921. The van der Waals surface area contributed by atoms with Crippen molar-refractivity contribution >= 4 is 0 Å². The molecule has 0 aliphatic rings. The van der Waals surface area contributed by atoms with Crippen molar-refractivity contribution in [3.8, 4) is 0 Å². The highest BCUT2D eigenvalue weighted by atomic mass is 19.2. The van der Waals surface area contributed by atoms with E-state index in [0.29, 0.717) is 0 Å². The molecule has 0 nitrogen and oxygen atoms in total. The molecule has 0 aromatic heterocycles. The van der Waals surface area contributed by atoms with Crippen LogP contribution in [-0.2, 0) is 0 Å². The van der Waals surface area contributed by atoms with Crippen LogP contribution in [0.2, 0.25) is 0 Å². The van der Waals surface area contributed by atoms with Gasteiger partial charge in [0.15, 0.2) is 17.5 Å². The highest BCUT2D eigenvalue weighted by Gasteiger charge is 2.17. The first-order chi connectivity index (χ1) is 6.95. The van der Waals surface area contributed by atoms with Gasteiger partial charge in [0.1, 0.15) is 0 Å². The molecule has 0 radical (unpaired) electrons. The smallest absolute Gasteiger partial charge is 0.194 e. The third-order valence-electron chi connectivity index (χ3n) is 1.98. The van der Waals surface area contributed by atoms with Crippen molar-refractivity contribution in [2.75, 3.05) is 0 Å². The van der Waals surface area contributed by atoms with Gasteiger partial charge in [0, 0.05) is 0 Å². The quantitative estimate of drug-likeness (QED) is 0.606. The zero-order valence-corrected chi connectivity index (χ0v) is 9.79. The number of rotatable bonds is 1. The van der Waals surface area contributed by atoms with E-state index in [1.54, 1.807) is 13.8 Å². The third-order valence-corrected chi connectivity index (χ3v) is 1.98. The maximum Gasteiger partial charge on any atom is 0.194 e. The summed E-state index contributed by atoms with van der Waals surface area (Å²) in [6, 6.07) is 1.35. The van der Waals surface area contributed by atoms with E-state index in [9.17, 15) is 13.2 Å². The standard InChI is InChI=1S/C10H11F3.C2H6/c1-5(2)7-4-6(3)8(11)10(13)9(7)12;1-2/h4-5H,1-3H3;1-2H3. The number of benzene rings is 1. The minimum atomic E-state index is -1.37. The zero-order valence-electron chi connectivity index (χ0n) is 9.79. The third kappa shape index (κ3) is 2.98. The summed E-state index contributed by atoms with van der Waals surface area (Å²) >= 11 is 0. The van der Waals surface area contributed by atoms with Gasteiger partial charge in [-0.1, -0.05) is 27.7 Å². The molecule has 1 aromatic carbocycles. The number of hydrogen-bond acceptors (Lipinski definition) is 0. The Morgan fingerprint density at radius 1 is 0.933 bits per heavy atom. The molecule has 0 amide bonds. The minimum Gasteiger partial charge on any atom is -0.203 e. The maximum absolute atomic E-state index is 13.1. The van der Waals surface area contributed by atoms with E-state index in [4.69, 9.17) is 0 Å². The first kappa shape index (κ1) is 14.0. The van der Waals surface area contributed by atoms with Crippen LogP contribution in [0, 0.1) is 24.4 Å². The van der Waals surface area contributed by atoms with Crippen molar-refractivity contribution in [3.05, 3.63) is 34.6 Å². The fourth-order valence-corrected chi connectivity index (χ4v) is 1.18. The first-order valence-corrected chi connectivity index (χ1v) is 5.09. The molecule has 0 N–H and O–H groups in total. The summed E-state index contributed by atoms with van der Waals surface area (Å²) in [4.78, 5) is 0. The van der Waals surface area contributed by atoms with Crippen LogP contribution < -0.4 is 0 Å². The largest absolute Gasteiger partial charge is 0.203 e. The minimum absolute atomic E-state index is 0.141. The molecule has 0 saturated heterocycles. The van der Waals surface area contributed by atoms with Crippen molar-refractivity contribution in [1.82, 2.24) is 0 Å². The van der Waals surface area contributed by atoms with Crippen LogP contribution >= 0.6 is 0 Å². The van der Waals surface area contributed by atoms with Crippen molar-refractivity contribution in [2.24, 2.45) is 0 Å². The lowest BCUT2D eigenvalue weighted by atomic mass is 10.00. The Morgan fingerprint density at radius 3 is 1.80 bits per heavy atom. The van der Waals surface area contributed by atoms with Gasteiger partial charge >= 0.3 is 0 Å². The fraction of sp³-hybridized carbons (Fsp3) is 0.500. The molecule has 1 rings (SSSR count). The molecule has 0 spiro atoms. The molecule has 0 bridgehead atoms. The topological polar surface area (TPSA) is 0 Å². The van der Waals surface area contributed by atoms with E-state index in [1.807, 2.05) is 13.8 Å². The van der Waals surface area contributed by atoms with Crippen molar-refractivity contribution < 1.29 is 13.2 Å². The summed E-state index contributed by atoms with van der Waals surface area (Å²) in [5, 5.41) is 0. The van der Waals surface area contributed by atoms with Crippen molar-refractivity contribution in [1.29, 1.82) is 0 Å². The SMILES string of the molecule is CC.Cc1cc(C(C)C)c(F)c(F)c1F. The van der Waals surface area contributed by atoms with E-state index in [1.165, 1.54) is 13.0 Å². The number of halogens is 3. The Kier molecular flexibility index (Phi) is 5.40. The lowest BCUT2D eigenvalue weighted by Crippen LogP contribution is -2.01. The zero-order chi connectivity index (χ0) is 12.2. The second-order valence-electron chi connectivity index (χ2n) is 3.38. The molecule has 0 heterocycles. The fourth-order valence-electron chi connectivity index (χ4n) is 1.18. The van der Waals surface area contributed by atoms with Gasteiger partial charge in [0.2, 0.25) is 0 Å². The Labute approximate surface area is 89.1 Å². The summed E-state index contributed by atoms with van der Waals surface area (Å²) < 4.78 is 38.8. The normalized spacial score (nSPS) is 9.93. The van der Waals surface area contributed by atoms with Gasteiger partial charge < -0.3 is 0 Å². The molecule has 86 valence electrons. The predicted octanol–water partition coefficient (Wildman–Crippen LogP) is 4.56. The van der Waals surface area contributed by atoms with Gasteiger partial charge in [-0.05, 0) is 30.0 Å². The molecule has 15 heavy (non-hydrogen) atoms. The van der Waals surface area contributed by atoms with E-state index in [-0.39, 0.29) is 17.0 Å². The first-order valence-electron chi connectivity index (χ1n) is 5.09. The summed E-state index contributed by atoms with van der Waals surface area (Å²) in [7, 11) is 0. The predicted molar refractivity (Wildman–Crippen MR) is 56.5 cm³/mol. The molecule has 0 unspecified atom stereocenters. The molecule has 0 aliphatic carbocycles. The van der Waals surface area contributed by atoms with Crippen LogP contribution in [0.25, 0.3) is 0 Å². The summed E-state index contributed by atoms with van der Waals surface area (Å²) in [6.45, 7) is 8.88. The van der Waals surface area contributed by atoms with Gasteiger partial charge in [-0.15, -0.1) is 0 Å². The molecule has 0 saturated carbocycles. The van der Waals surface area contributed by atoms with E-state index in [0.717, 1.165) is 0 Å². The van der Waals surface area contributed by atoms with Crippen LogP contribution in [0.3, 0.4) is 0 Å². The molecule has 3 heteroatoms. The Hall–Kier alpha value is -0.990. The van der Waals surface area contributed by atoms with Gasteiger partial charge in [0.05, 0.1) is 0 Å². The Morgan fingerprint density at radius 2 is 1.40 bits per heavy atom. The summed E-state index contributed by atoms with van der Waals surface area (Å²) in [5.41, 5.74) is 0.360. The lowest BCUT2D eigenvalue weighted by molar-refractivity contribution is 0.434. The van der Waals surface area contributed by atoms with Crippen LogP contribution in [-0.4, -0.2) is 0 Å². The van der Waals surface area contributed by atoms with Gasteiger partial charge in [-0.3, -0.25) is 0 Å². The molecular formula is C12H17F3. The Bertz CT molecular complexity index is 330. The second-order valence-corrected chi connectivity index (χ2v) is 3.38. The van der Waals surface area contributed by atoms with Crippen LogP contribution in [0.15, 0.2) is 6.07 Å². The van der Waals surface area contributed by atoms with Crippen LogP contribution in [0.4, 0.5) is 13.2 Å². The average molecular weight is 218 g/mol. The molecule has 0 fully saturated rings. The molecular weight excluding hydrogens is 201 g/mol. The van der Waals surface area contributed by atoms with Crippen LogP contribution in [0.1, 0.15) is 44.7 Å². The summed E-state index contributed by atoms with van der Waals surface area (Å²) in [5.74, 6) is -3.68. The number of hydrogen-bond donors (Lipinski definition) is 0. The average Bonchev–Trinajstić information content (AvgIpc) is 2.23. The molecule has 1 aromatic rings. The van der Waals surface area contributed by atoms with Gasteiger partial charge in [-0.25, -0.2) is 13.2 Å². The van der Waals surface area contributed by atoms with E-state index in [2.05, 4.69) is 0 Å². The summed E-state index contributed by atoms with van der Waals surface area (Å²) in [6.07, 6.45) is 0. The van der Waals surface area contributed by atoms with Crippen molar-refractivity contribution in [3.63, 3.8) is 0 Å². The molecule has 0 aliphatic heterocycles. The van der Waals surface area contributed by atoms with E-state index < -0.39 is 17.5 Å². The highest BCUT2D eigenvalue weighted by Crippen LogP contribution is 2.24. The van der Waals surface area contributed by atoms with Crippen molar-refractivity contribution in [2.45, 2.75) is 40.5 Å².